The summed E-state index contributed by atoms with van der Waals surface area (Å²) in [6.45, 7) is 5.67. The van der Waals surface area contributed by atoms with Crippen molar-refractivity contribution in [3.63, 3.8) is 0 Å². The van der Waals surface area contributed by atoms with E-state index in [2.05, 4.69) is 4.90 Å². The van der Waals surface area contributed by atoms with E-state index >= 15 is 0 Å². The van der Waals surface area contributed by atoms with Gasteiger partial charge in [-0.1, -0.05) is 0 Å². The summed E-state index contributed by atoms with van der Waals surface area (Å²) in [5.74, 6) is 0. The van der Waals surface area contributed by atoms with Crippen molar-refractivity contribution in [2.24, 2.45) is 17.2 Å². The zero-order valence-electron chi connectivity index (χ0n) is 9.25. The minimum atomic E-state index is 0.774. The highest BCUT2D eigenvalue weighted by Gasteiger charge is 2.02. The maximum atomic E-state index is 5.49. The minimum absolute atomic E-state index is 0.774. The Balaban J connectivity index is 3.49. The van der Waals surface area contributed by atoms with Crippen molar-refractivity contribution in [3.8, 4) is 0 Å². The number of hydrogen-bond donors (Lipinski definition) is 3. The summed E-state index contributed by atoms with van der Waals surface area (Å²) >= 11 is 0. The van der Waals surface area contributed by atoms with E-state index in [-0.39, 0.29) is 0 Å². The molecule has 14 heavy (non-hydrogen) atoms. The molecule has 4 nitrogen and oxygen atoms in total. The first kappa shape index (κ1) is 13.8. The van der Waals surface area contributed by atoms with Crippen molar-refractivity contribution in [1.29, 1.82) is 0 Å². The van der Waals surface area contributed by atoms with Crippen LogP contribution in [0.15, 0.2) is 0 Å². The van der Waals surface area contributed by atoms with Crippen LogP contribution in [-0.2, 0) is 0 Å². The van der Waals surface area contributed by atoms with Gasteiger partial charge in [0.15, 0.2) is 0 Å². The lowest BCUT2D eigenvalue weighted by Gasteiger charge is -2.21. The SMILES string of the molecule is NCCCCN(CCCN)CCCN. The number of unbranched alkanes of at least 4 members (excludes halogenated alkanes) is 1. The van der Waals surface area contributed by atoms with Crippen LogP contribution in [0, 0.1) is 0 Å². The van der Waals surface area contributed by atoms with Gasteiger partial charge in [-0.25, -0.2) is 0 Å². The van der Waals surface area contributed by atoms with Crippen LogP contribution in [0.1, 0.15) is 25.7 Å². The van der Waals surface area contributed by atoms with Gasteiger partial charge in [0.1, 0.15) is 0 Å². The molecule has 4 heteroatoms. The number of hydrogen-bond acceptors (Lipinski definition) is 4. The minimum Gasteiger partial charge on any atom is -0.330 e. The zero-order valence-corrected chi connectivity index (χ0v) is 9.25. The average molecular weight is 202 g/mol. The lowest BCUT2D eigenvalue weighted by atomic mass is 10.2. The third-order valence-corrected chi connectivity index (χ3v) is 2.29. The Labute approximate surface area is 87.8 Å². The number of nitrogens with two attached hydrogens (primary N) is 3. The van der Waals surface area contributed by atoms with Crippen LogP contribution in [0.4, 0.5) is 0 Å². The van der Waals surface area contributed by atoms with Gasteiger partial charge in [-0.3, -0.25) is 0 Å². The largest absolute Gasteiger partial charge is 0.330 e. The molecule has 0 atom stereocenters. The van der Waals surface area contributed by atoms with Crippen LogP contribution in [0.2, 0.25) is 0 Å². The van der Waals surface area contributed by atoms with Gasteiger partial charge in [-0.2, -0.15) is 0 Å². The molecule has 0 heterocycles. The van der Waals surface area contributed by atoms with Crippen LogP contribution in [-0.4, -0.2) is 44.2 Å². The van der Waals surface area contributed by atoms with Crippen LogP contribution in [0.5, 0.6) is 0 Å². The van der Waals surface area contributed by atoms with Gasteiger partial charge < -0.3 is 22.1 Å². The fourth-order valence-electron chi connectivity index (χ4n) is 1.44. The van der Waals surface area contributed by atoms with E-state index in [0.29, 0.717) is 0 Å². The molecule has 0 amide bonds. The molecular formula is C10H26N4. The normalized spacial score (nSPS) is 11.1. The molecule has 0 unspecified atom stereocenters. The molecule has 0 aliphatic heterocycles. The van der Waals surface area contributed by atoms with E-state index < -0.39 is 0 Å². The highest BCUT2D eigenvalue weighted by Crippen LogP contribution is 1.97. The van der Waals surface area contributed by atoms with Gasteiger partial charge in [0, 0.05) is 0 Å². The maximum absolute atomic E-state index is 5.49. The number of rotatable bonds is 10. The third kappa shape index (κ3) is 8.44. The van der Waals surface area contributed by atoms with Crippen molar-refractivity contribution >= 4 is 0 Å². The van der Waals surface area contributed by atoms with Crippen LogP contribution >= 0.6 is 0 Å². The second-order valence-electron chi connectivity index (χ2n) is 3.62. The highest BCUT2D eigenvalue weighted by atomic mass is 15.1. The standard InChI is InChI=1S/C10H26N4/c11-5-1-2-8-14(9-3-6-12)10-4-7-13/h1-13H2. The lowest BCUT2D eigenvalue weighted by Crippen LogP contribution is -2.30. The molecule has 0 aromatic rings. The van der Waals surface area contributed by atoms with E-state index in [4.69, 9.17) is 17.2 Å². The van der Waals surface area contributed by atoms with Crippen molar-refractivity contribution in [2.75, 3.05) is 39.3 Å². The van der Waals surface area contributed by atoms with E-state index in [1.807, 2.05) is 0 Å². The van der Waals surface area contributed by atoms with Crippen molar-refractivity contribution < 1.29 is 0 Å². The van der Waals surface area contributed by atoms with Gasteiger partial charge >= 0.3 is 0 Å². The Hall–Kier alpha value is -0.160. The number of nitrogens with zero attached hydrogens (tertiary/aromatic N) is 1. The zero-order chi connectivity index (χ0) is 10.6. The topological polar surface area (TPSA) is 81.3 Å². The first-order valence-corrected chi connectivity index (χ1v) is 5.67. The maximum Gasteiger partial charge on any atom is -0.000671 e. The highest BCUT2D eigenvalue weighted by molar-refractivity contribution is 4.59. The predicted octanol–water partition coefficient (Wildman–Crippen LogP) is -0.275. The summed E-state index contributed by atoms with van der Waals surface area (Å²) in [7, 11) is 0. The van der Waals surface area contributed by atoms with E-state index in [0.717, 1.165) is 58.5 Å². The van der Waals surface area contributed by atoms with E-state index in [1.165, 1.54) is 6.42 Å². The molecule has 86 valence electrons. The van der Waals surface area contributed by atoms with Crippen molar-refractivity contribution in [3.05, 3.63) is 0 Å². The first-order valence-electron chi connectivity index (χ1n) is 5.67. The molecule has 6 N–H and O–H groups in total. The Morgan fingerprint density at radius 2 is 1.00 bits per heavy atom. The van der Waals surface area contributed by atoms with Crippen molar-refractivity contribution in [2.45, 2.75) is 25.7 Å². The molecule has 0 fully saturated rings. The van der Waals surface area contributed by atoms with Crippen LogP contribution in [0.3, 0.4) is 0 Å². The molecule has 0 saturated carbocycles. The molecule has 0 radical (unpaired) electrons. The second-order valence-corrected chi connectivity index (χ2v) is 3.62. The monoisotopic (exact) mass is 202 g/mol. The summed E-state index contributed by atoms with van der Waals surface area (Å²) in [6.07, 6.45) is 4.45. The predicted molar refractivity (Wildman–Crippen MR) is 62.1 cm³/mol. The molecule has 0 aliphatic carbocycles. The molecule has 0 aromatic heterocycles. The van der Waals surface area contributed by atoms with Gasteiger partial charge in [0.25, 0.3) is 0 Å². The van der Waals surface area contributed by atoms with Gasteiger partial charge in [-0.05, 0) is 65.0 Å². The third-order valence-electron chi connectivity index (χ3n) is 2.29. The van der Waals surface area contributed by atoms with E-state index in [1.54, 1.807) is 0 Å². The molecule has 0 aromatic carbocycles. The molecule has 0 saturated heterocycles. The molecule has 0 bridgehead atoms. The van der Waals surface area contributed by atoms with E-state index in [9.17, 15) is 0 Å². The second kappa shape index (κ2) is 10.9. The summed E-state index contributed by atoms with van der Waals surface area (Å²) in [4.78, 5) is 2.44. The quantitative estimate of drug-likeness (QED) is 0.426. The Morgan fingerprint density at radius 3 is 1.43 bits per heavy atom. The average Bonchev–Trinajstić information content (AvgIpc) is 2.21. The first-order chi connectivity index (χ1) is 6.85. The summed E-state index contributed by atoms with van der Waals surface area (Å²) < 4.78 is 0. The lowest BCUT2D eigenvalue weighted by molar-refractivity contribution is 0.265. The Bertz CT molecular complexity index is 100. The smallest absolute Gasteiger partial charge is 0.000671 e. The van der Waals surface area contributed by atoms with Crippen LogP contribution < -0.4 is 17.2 Å². The fourth-order valence-corrected chi connectivity index (χ4v) is 1.44. The summed E-state index contributed by atoms with van der Waals surface area (Å²) in [6, 6.07) is 0. The molecular weight excluding hydrogens is 176 g/mol. The van der Waals surface area contributed by atoms with Gasteiger partial charge in [0.2, 0.25) is 0 Å². The molecule has 0 aliphatic rings. The van der Waals surface area contributed by atoms with Crippen molar-refractivity contribution in [1.82, 2.24) is 4.90 Å². The molecule has 0 spiro atoms. The summed E-state index contributed by atoms with van der Waals surface area (Å²) in [5, 5.41) is 0. The van der Waals surface area contributed by atoms with Crippen LogP contribution in [0.25, 0.3) is 0 Å². The van der Waals surface area contributed by atoms with Gasteiger partial charge in [-0.15, -0.1) is 0 Å². The fraction of sp³-hybridized carbons (Fsp3) is 1.00. The molecule has 0 rings (SSSR count). The Morgan fingerprint density at radius 1 is 0.571 bits per heavy atom. The van der Waals surface area contributed by atoms with Gasteiger partial charge in [0.05, 0.1) is 0 Å². The summed E-state index contributed by atoms with van der Waals surface area (Å²) in [5.41, 5.74) is 16.4. The Kier molecular flexibility index (Phi) is 10.8.